The van der Waals surface area contributed by atoms with Gasteiger partial charge in [0.15, 0.2) is 0 Å². The largest absolute Gasteiger partial charge is 0.342 e. The zero-order valence-corrected chi connectivity index (χ0v) is 11.4. The third-order valence-corrected chi connectivity index (χ3v) is 3.99. The molecule has 0 saturated heterocycles. The highest BCUT2D eigenvalue weighted by Gasteiger charge is 2.08. The van der Waals surface area contributed by atoms with E-state index in [0.29, 0.717) is 6.42 Å². The SMILES string of the molecule is NS(=O)(=O)c1ccc(Cc2nc3ccccc3[nH]2)cc1. The molecule has 2 aromatic carbocycles. The molecule has 0 radical (unpaired) electrons. The van der Waals surface area contributed by atoms with Gasteiger partial charge in [0.25, 0.3) is 0 Å². The molecule has 0 aliphatic heterocycles. The van der Waals surface area contributed by atoms with Crippen LogP contribution in [-0.2, 0) is 16.4 Å². The van der Waals surface area contributed by atoms with Gasteiger partial charge in [0.05, 0.1) is 15.9 Å². The van der Waals surface area contributed by atoms with Crippen LogP contribution in [0, 0.1) is 0 Å². The smallest absolute Gasteiger partial charge is 0.238 e. The van der Waals surface area contributed by atoms with E-state index in [1.807, 2.05) is 24.3 Å². The number of fused-ring (bicyclic) bond motifs is 1. The third kappa shape index (κ3) is 2.56. The molecule has 0 saturated carbocycles. The van der Waals surface area contributed by atoms with Gasteiger partial charge in [0.1, 0.15) is 5.82 Å². The van der Waals surface area contributed by atoms with Crippen LogP contribution >= 0.6 is 0 Å². The first-order chi connectivity index (χ1) is 9.52. The Balaban J connectivity index is 1.87. The summed E-state index contributed by atoms with van der Waals surface area (Å²) in [6.45, 7) is 0. The molecule has 3 N–H and O–H groups in total. The van der Waals surface area contributed by atoms with Crippen molar-refractivity contribution in [2.75, 3.05) is 0 Å². The molecule has 0 amide bonds. The molecular formula is C14H13N3O2S. The van der Waals surface area contributed by atoms with Crippen LogP contribution in [0.5, 0.6) is 0 Å². The lowest BCUT2D eigenvalue weighted by Gasteiger charge is -2.01. The highest BCUT2D eigenvalue weighted by molar-refractivity contribution is 7.89. The number of hydrogen-bond acceptors (Lipinski definition) is 3. The van der Waals surface area contributed by atoms with Gasteiger partial charge in [-0.3, -0.25) is 0 Å². The van der Waals surface area contributed by atoms with Crippen molar-refractivity contribution in [3.8, 4) is 0 Å². The molecule has 0 atom stereocenters. The summed E-state index contributed by atoms with van der Waals surface area (Å²) in [5.41, 5.74) is 2.88. The first-order valence-corrected chi connectivity index (χ1v) is 7.62. The second-order valence-electron chi connectivity index (χ2n) is 4.57. The van der Waals surface area contributed by atoms with Gasteiger partial charge in [-0.1, -0.05) is 24.3 Å². The molecule has 1 heterocycles. The molecule has 102 valence electrons. The second-order valence-corrected chi connectivity index (χ2v) is 6.13. The molecule has 0 unspecified atom stereocenters. The molecule has 0 aliphatic rings. The topological polar surface area (TPSA) is 88.8 Å². The Morgan fingerprint density at radius 3 is 2.40 bits per heavy atom. The summed E-state index contributed by atoms with van der Waals surface area (Å²) in [5.74, 6) is 0.842. The minimum atomic E-state index is -3.64. The molecule has 0 aliphatic carbocycles. The lowest BCUT2D eigenvalue weighted by atomic mass is 10.1. The van der Waals surface area contributed by atoms with Crippen molar-refractivity contribution >= 4 is 21.1 Å². The Morgan fingerprint density at radius 2 is 1.75 bits per heavy atom. The standard InChI is InChI=1S/C14H13N3O2S/c15-20(18,19)11-7-5-10(6-8-11)9-14-16-12-3-1-2-4-13(12)17-14/h1-8H,9H2,(H,16,17)(H2,15,18,19). The van der Waals surface area contributed by atoms with Gasteiger partial charge in [0, 0.05) is 6.42 Å². The Bertz CT molecular complexity index is 819. The van der Waals surface area contributed by atoms with E-state index in [2.05, 4.69) is 9.97 Å². The lowest BCUT2D eigenvalue weighted by Crippen LogP contribution is -2.11. The summed E-state index contributed by atoms with van der Waals surface area (Å²) >= 11 is 0. The van der Waals surface area contributed by atoms with E-state index in [0.717, 1.165) is 22.4 Å². The molecule has 5 nitrogen and oxygen atoms in total. The van der Waals surface area contributed by atoms with Gasteiger partial charge in [-0.05, 0) is 29.8 Å². The van der Waals surface area contributed by atoms with Crippen molar-refractivity contribution in [1.82, 2.24) is 9.97 Å². The number of aromatic amines is 1. The zero-order chi connectivity index (χ0) is 14.2. The molecule has 20 heavy (non-hydrogen) atoms. The van der Waals surface area contributed by atoms with Gasteiger partial charge in [0.2, 0.25) is 10.0 Å². The van der Waals surface area contributed by atoms with Crippen LogP contribution in [0.25, 0.3) is 11.0 Å². The first-order valence-electron chi connectivity index (χ1n) is 6.08. The Labute approximate surface area is 116 Å². The first kappa shape index (κ1) is 12.8. The number of hydrogen-bond donors (Lipinski definition) is 2. The normalized spacial score (nSPS) is 11.8. The van der Waals surface area contributed by atoms with Crippen LogP contribution in [0.2, 0.25) is 0 Å². The Hall–Kier alpha value is -2.18. The highest BCUT2D eigenvalue weighted by Crippen LogP contribution is 2.15. The number of benzene rings is 2. The second kappa shape index (κ2) is 4.73. The summed E-state index contributed by atoms with van der Waals surface area (Å²) in [5, 5.41) is 5.06. The summed E-state index contributed by atoms with van der Waals surface area (Å²) in [7, 11) is -3.64. The van der Waals surface area contributed by atoms with Crippen molar-refractivity contribution in [2.45, 2.75) is 11.3 Å². The average molecular weight is 287 g/mol. The van der Waals surface area contributed by atoms with Crippen molar-refractivity contribution in [2.24, 2.45) is 5.14 Å². The van der Waals surface area contributed by atoms with Gasteiger partial charge >= 0.3 is 0 Å². The van der Waals surface area contributed by atoms with Crippen molar-refractivity contribution < 1.29 is 8.42 Å². The minimum Gasteiger partial charge on any atom is -0.342 e. The number of sulfonamides is 1. The molecule has 3 aromatic rings. The van der Waals surface area contributed by atoms with Crippen molar-refractivity contribution in [3.63, 3.8) is 0 Å². The van der Waals surface area contributed by atoms with Crippen LogP contribution in [-0.4, -0.2) is 18.4 Å². The Morgan fingerprint density at radius 1 is 1.05 bits per heavy atom. The number of para-hydroxylation sites is 2. The summed E-state index contributed by atoms with van der Waals surface area (Å²) < 4.78 is 22.4. The van der Waals surface area contributed by atoms with Crippen LogP contribution in [0.4, 0.5) is 0 Å². The maximum absolute atomic E-state index is 11.2. The van der Waals surface area contributed by atoms with E-state index in [1.165, 1.54) is 12.1 Å². The van der Waals surface area contributed by atoms with Crippen LogP contribution in [0.3, 0.4) is 0 Å². The number of H-pyrrole nitrogens is 1. The number of imidazole rings is 1. The van der Waals surface area contributed by atoms with Crippen LogP contribution in [0.1, 0.15) is 11.4 Å². The fourth-order valence-corrected chi connectivity index (χ4v) is 2.60. The van der Waals surface area contributed by atoms with E-state index in [4.69, 9.17) is 5.14 Å². The molecule has 6 heteroatoms. The van der Waals surface area contributed by atoms with E-state index in [-0.39, 0.29) is 4.90 Å². The molecule has 1 aromatic heterocycles. The Kier molecular flexibility index (Phi) is 3.04. The zero-order valence-electron chi connectivity index (χ0n) is 10.6. The third-order valence-electron chi connectivity index (χ3n) is 3.06. The number of nitrogens with two attached hydrogens (primary N) is 1. The molecule has 0 spiro atoms. The van der Waals surface area contributed by atoms with Crippen molar-refractivity contribution in [1.29, 1.82) is 0 Å². The van der Waals surface area contributed by atoms with Gasteiger partial charge in [-0.25, -0.2) is 18.5 Å². The highest BCUT2D eigenvalue weighted by atomic mass is 32.2. The number of nitrogens with zero attached hydrogens (tertiary/aromatic N) is 1. The monoisotopic (exact) mass is 287 g/mol. The summed E-state index contributed by atoms with van der Waals surface area (Å²) in [6.07, 6.45) is 0.611. The average Bonchev–Trinajstić information content (AvgIpc) is 2.80. The van der Waals surface area contributed by atoms with E-state index >= 15 is 0 Å². The lowest BCUT2D eigenvalue weighted by molar-refractivity contribution is 0.598. The minimum absolute atomic E-state index is 0.117. The van der Waals surface area contributed by atoms with Gasteiger partial charge in [-0.2, -0.15) is 0 Å². The summed E-state index contributed by atoms with van der Waals surface area (Å²) in [6, 6.07) is 14.3. The van der Waals surface area contributed by atoms with Gasteiger partial charge < -0.3 is 4.98 Å². The van der Waals surface area contributed by atoms with Crippen LogP contribution in [0.15, 0.2) is 53.4 Å². The quantitative estimate of drug-likeness (QED) is 0.769. The number of nitrogens with one attached hydrogen (secondary N) is 1. The predicted molar refractivity (Wildman–Crippen MR) is 76.7 cm³/mol. The molecule has 0 bridgehead atoms. The van der Waals surface area contributed by atoms with Crippen molar-refractivity contribution in [3.05, 3.63) is 59.9 Å². The van der Waals surface area contributed by atoms with E-state index in [9.17, 15) is 8.42 Å². The number of rotatable bonds is 3. The van der Waals surface area contributed by atoms with E-state index < -0.39 is 10.0 Å². The number of aromatic nitrogens is 2. The molecule has 0 fully saturated rings. The van der Waals surface area contributed by atoms with E-state index in [1.54, 1.807) is 12.1 Å². The maximum atomic E-state index is 11.2. The summed E-state index contributed by atoms with van der Waals surface area (Å²) in [4.78, 5) is 7.83. The fraction of sp³-hybridized carbons (Fsp3) is 0.0714. The molecule has 3 rings (SSSR count). The molecular weight excluding hydrogens is 274 g/mol. The number of primary sulfonamides is 1. The fourth-order valence-electron chi connectivity index (χ4n) is 2.08. The van der Waals surface area contributed by atoms with Crippen LogP contribution < -0.4 is 5.14 Å². The maximum Gasteiger partial charge on any atom is 0.238 e. The van der Waals surface area contributed by atoms with Gasteiger partial charge in [-0.15, -0.1) is 0 Å². The predicted octanol–water partition coefficient (Wildman–Crippen LogP) is 1.80.